The van der Waals surface area contributed by atoms with E-state index < -0.39 is 18.1 Å². The van der Waals surface area contributed by atoms with E-state index in [2.05, 4.69) is 25.2 Å². The minimum absolute atomic E-state index is 0.134. The molecule has 0 radical (unpaired) electrons. The summed E-state index contributed by atoms with van der Waals surface area (Å²) in [6.45, 7) is 7.19. The standard InChI is InChI=1S/C17H24N6O4/c1-17(2)26-12-10(7-24)25-16(13(12)27-17)23-9-21-11-14(19-8-20-15(11)23)22-5-3-18-4-6-22/h8-10,12-13,16,18,24H,3-7H2,1-2H3/t10-,12-,13-,16-/m1/s1. The zero-order valence-corrected chi connectivity index (χ0v) is 15.4. The van der Waals surface area contributed by atoms with Crippen molar-refractivity contribution in [3.05, 3.63) is 12.7 Å². The van der Waals surface area contributed by atoms with E-state index in [1.54, 1.807) is 12.7 Å². The number of rotatable bonds is 3. The van der Waals surface area contributed by atoms with Gasteiger partial charge < -0.3 is 29.5 Å². The molecule has 2 aromatic rings. The van der Waals surface area contributed by atoms with Crippen molar-refractivity contribution in [2.24, 2.45) is 0 Å². The molecule has 146 valence electrons. The van der Waals surface area contributed by atoms with Gasteiger partial charge in [-0.25, -0.2) is 15.0 Å². The molecule has 0 bridgehead atoms. The minimum atomic E-state index is -0.720. The predicted molar refractivity (Wildman–Crippen MR) is 95.2 cm³/mol. The summed E-state index contributed by atoms with van der Waals surface area (Å²) in [5.74, 6) is 0.111. The fourth-order valence-corrected chi connectivity index (χ4v) is 4.16. The van der Waals surface area contributed by atoms with Gasteiger partial charge in [0.05, 0.1) is 12.9 Å². The zero-order valence-electron chi connectivity index (χ0n) is 15.4. The molecule has 2 N–H and O–H groups in total. The molecule has 4 atom stereocenters. The summed E-state index contributed by atoms with van der Waals surface area (Å²) in [5.41, 5.74) is 1.43. The number of hydrogen-bond donors (Lipinski definition) is 2. The largest absolute Gasteiger partial charge is 0.394 e. The van der Waals surface area contributed by atoms with E-state index >= 15 is 0 Å². The molecule has 0 spiro atoms. The lowest BCUT2D eigenvalue weighted by molar-refractivity contribution is -0.199. The molecular formula is C17H24N6O4. The average Bonchev–Trinajstić information content (AvgIpc) is 3.32. The third-order valence-corrected chi connectivity index (χ3v) is 5.34. The van der Waals surface area contributed by atoms with E-state index in [1.807, 2.05) is 18.4 Å². The number of ether oxygens (including phenoxy) is 3. The van der Waals surface area contributed by atoms with Gasteiger partial charge in [0, 0.05) is 26.2 Å². The van der Waals surface area contributed by atoms with E-state index in [0.29, 0.717) is 5.65 Å². The van der Waals surface area contributed by atoms with Crippen LogP contribution in [0.1, 0.15) is 20.1 Å². The fourth-order valence-electron chi connectivity index (χ4n) is 4.16. The lowest BCUT2D eigenvalue weighted by atomic mass is 10.1. The van der Waals surface area contributed by atoms with Crippen molar-refractivity contribution in [2.45, 2.75) is 44.2 Å². The number of hydrogen-bond acceptors (Lipinski definition) is 9. The fraction of sp³-hybridized carbons (Fsp3) is 0.706. The zero-order chi connectivity index (χ0) is 18.6. The van der Waals surface area contributed by atoms with Crippen LogP contribution in [0, 0.1) is 0 Å². The van der Waals surface area contributed by atoms with Crippen LogP contribution in [-0.2, 0) is 14.2 Å². The van der Waals surface area contributed by atoms with Crippen LogP contribution in [0.3, 0.4) is 0 Å². The highest BCUT2D eigenvalue weighted by molar-refractivity contribution is 5.83. The summed E-state index contributed by atoms with van der Waals surface area (Å²) in [6, 6.07) is 0. The van der Waals surface area contributed by atoms with Crippen molar-refractivity contribution in [3.63, 3.8) is 0 Å². The van der Waals surface area contributed by atoms with E-state index in [1.165, 1.54) is 0 Å². The van der Waals surface area contributed by atoms with Gasteiger partial charge in [0.25, 0.3) is 0 Å². The molecule has 0 amide bonds. The Morgan fingerprint density at radius 2 is 1.96 bits per heavy atom. The number of imidazole rings is 1. The Morgan fingerprint density at radius 1 is 1.19 bits per heavy atom. The number of aromatic nitrogens is 4. The Morgan fingerprint density at radius 3 is 2.74 bits per heavy atom. The van der Waals surface area contributed by atoms with Gasteiger partial charge in [-0.15, -0.1) is 0 Å². The van der Waals surface area contributed by atoms with Gasteiger partial charge in [-0.2, -0.15) is 0 Å². The Balaban J connectivity index is 1.52. The van der Waals surface area contributed by atoms with Crippen LogP contribution in [0.2, 0.25) is 0 Å². The summed E-state index contributed by atoms with van der Waals surface area (Å²) >= 11 is 0. The summed E-state index contributed by atoms with van der Waals surface area (Å²) in [7, 11) is 0. The van der Waals surface area contributed by atoms with E-state index in [4.69, 9.17) is 14.2 Å². The lowest BCUT2D eigenvalue weighted by Crippen LogP contribution is -2.44. The first kappa shape index (κ1) is 17.3. The van der Waals surface area contributed by atoms with Crippen LogP contribution in [0.5, 0.6) is 0 Å². The van der Waals surface area contributed by atoms with Crippen LogP contribution in [-0.4, -0.2) is 81.5 Å². The van der Waals surface area contributed by atoms with E-state index in [0.717, 1.165) is 37.5 Å². The molecule has 0 aromatic carbocycles. The summed E-state index contributed by atoms with van der Waals surface area (Å²) in [4.78, 5) is 15.7. The SMILES string of the molecule is CC1(C)O[C@@H]2[C@H](O1)[C@@H](CO)O[C@H]2n1cnc2c(N3CCNCC3)ncnc21. The van der Waals surface area contributed by atoms with Crippen molar-refractivity contribution >= 4 is 17.0 Å². The smallest absolute Gasteiger partial charge is 0.167 e. The van der Waals surface area contributed by atoms with Crippen LogP contribution >= 0.6 is 0 Å². The predicted octanol–water partition coefficient (Wildman–Crippen LogP) is -0.354. The van der Waals surface area contributed by atoms with Gasteiger partial charge in [-0.05, 0) is 13.8 Å². The molecule has 3 aliphatic heterocycles. The first-order valence-corrected chi connectivity index (χ1v) is 9.32. The maximum atomic E-state index is 9.70. The quantitative estimate of drug-likeness (QED) is 0.743. The molecule has 10 heteroatoms. The van der Waals surface area contributed by atoms with Crippen LogP contribution in [0.15, 0.2) is 12.7 Å². The number of aliphatic hydroxyl groups excluding tert-OH is 1. The van der Waals surface area contributed by atoms with Crippen LogP contribution in [0.25, 0.3) is 11.2 Å². The Bertz CT molecular complexity index is 836. The van der Waals surface area contributed by atoms with Gasteiger partial charge in [0.1, 0.15) is 24.6 Å². The third kappa shape index (κ3) is 2.79. The first-order chi connectivity index (χ1) is 13.1. The second-order valence-corrected chi connectivity index (χ2v) is 7.57. The molecule has 3 saturated heterocycles. The number of anilines is 1. The Labute approximate surface area is 156 Å². The normalized spacial score (nSPS) is 32.9. The van der Waals surface area contributed by atoms with Gasteiger partial charge in [-0.3, -0.25) is 4.57 Å². The number of nitrogens with zero attached hydrogens (tertiary/aromatic N) is 5. The summed E-state index contributed by atoms with van der Waals surface area (Å²) in [5, 5.41) is 13.0. The van der Waals surface area contributed by atoms with Crippen molar-refractivity contribution < 1.29 is 19.3 Å². The molecule has 0 aliphatic carbocycles. The molecule has 0 unspecified atom stereocenters. The van der Waals surface area contributed by atoms with Crippen molar-refractivity contribution in [1.29, 1.82) is 0 Å². The molecule has 5 heterocycles. The number of fused-ring (bicyclic) bond motifs is 2. The van der Waals surface area contributed by atoms with Gasteiger partial charge in [0.15, 0.2) is 29.0 Å². The second-order valence-electron chi connectivity index (χ2n) is 7.57. The molecule has 5 rings (SSSR count). The van der Waals surface area contributed by atoms with E-state index in [9.17, 15) is 5.11 Å². The molecule has 0 saturated carbocycles. The van der Waals surface area contributed by atoms with Gasteiger partial charge in [0.2, 0.25) is 0 Å². The molecule has 3 aliphatic rings. The monoisotopic (exact) mass is 376 g/mol. The molecule has 2 aromatic heterocycles. The van der Waals surface area contributed by atoms with Gasteiger partial charge >= 0.3 is 0 Å². The number of piperazine rings is 1. The highest BCUT2D eigenvalue weighted by atomic mass is 16.8. The maximum Gasteiger partial charge on any atom is 0.167 e. The second kappa shape index (κ2) is 6.35. The van der Waals surface area contributed by atoms with E-state index in [-0.39, 0.29) is 18.8 Å². The summed E-state index contributed by atoms with van der Waals surface area (Å²) in [6.07, 6.45) is 1.68. The van der Waals surface area contributed by atoms with Crippen molar-refractivity contribution in [2.75, 3.05) is 37.7 Å². The molecule has 27 heavy (non-hydrogen) atoms. The first-order valence-electron chi connectivity index (χ1n) is 9.32. The van der Waals surface area contributed by atoms with Crippen LogP contribution < -0.4 is 10.2 Å². The highest BCUT2D eigenvalue weighted by Crippen LogP contribution is 2.43. The van der Waals surface area contributed by atoms with Crippen LogP contribution in [0.4, 0.5) is 5.82 Å². The Kier molecular flexibility index (Phi) is 4.06. The lowest BCUT2D eigenvalue weighted by Gasteiger charge is -2.28. The average molecular weight is 376 g/mol. The number of nitrogens with one attached hydrogen (secondary N) is 1. The van der Waals surface area contributed by atoms with Crippen molar-refractivity contribution in [1.82, 2.24) is 24.8 Å². The maximum absolute atomic E-state index is 9.70. The number of aliphatic hydroxyl groups is 1. The van der Waals surface area contributed by atoms with Gasteiger partial charge in [-0.1, -0.05) is 0 Å². The highest BCUT2D eigenvalue weighted by Gasteiger charge is 2.56. The molecular weight excluding hydrogens is 352 g/mol. The summed E-state index contributed by atoms with van der Waals surface area (Å²) < 4.78 is 19.9. The minimum Gasteiger partial charge on any atom is -0.394 e. The molecule has 3 fully saturated rings. The Hall–Kier alpha value is -1.85. The topological polar surface area (TPSA) is 107 Å². The third-order valence-electron chi connectivity index (χ3n) is 5.34. The molecule has 10 nitrogen and oxygen atoms in total. The van der Waals surface area contributed by atoms with Crippen molar-refractivity contribution in [3.8, 4) is 0 Å².